The molecule has 2 aromatic rings. The molecule has 7 heteroatoms. The first-order valence-electron chi connectivity index (χ1n) is 6.44. The number of nitrogens with zero attached hydrogens (tertiary/aromatic N) is 3. The van der Waals surface area contributed by atoms with E-state index in [2.05, 4.69) is 10.2 Å². The Bertz CT molecular complexity index is 704. The van der Waals surface area contributed by atoms with Crippen LogP contribution in [0.1, 0.15) is 29.4 Å². The maximum absolute atomic E-state index is 12.8. The molecule has 0 aliphatic carbocycles. The first-order chi connectivity index (χ1) is 9.99. The molecule has 0 radical (unpaired) electrons. The lowest BCUT2D eigenvalue weighted by Crippen LogP contribution is -2.06. The molecule has 0 N–H and O–H groups in total. The third-order valence-electron chi connectivity index (χ3n) is 3.23. The van der Waals surface area contributed by atoms with Gasteiger partial charge in [0.05, 0.1) is 12.2 Å². The van der Waals surface area contributed by atoms with E-state index in [1.165, 1.54) is 6.07 Å². The van der Waals surface area contributed by atoms with Gasteiger partial charge in [0.2, 0.25) is 0 Å². The van der Waals surface area contributed by atoms with E-state index in [1.807, 2.05) is 6.92 Å². The summed E-state index contributed by atoms with van der Waals surface area (Å²) in [6.45, 7) is 2.27. The van der Waals surface area contributed by atoms with Crippen LogP contribution in [0.25, 0.3) is 12.3 Å². The number of rotatable bonds is 2. The Morgan fingerprint density at radius 3 is 2.81 bits per heavy atom. The van der Waals surface area contributed by atoms with Crippen LogP contribution < -0.4 is 4.74 Å². The Kier molecular flexibility index (Phi) is 3.19. The molecule has 1 aliphatic rings. The molecule has 21 heavy (non-hydrogen) atoms. The number of ether oxygens (including phenoxy) is 1. The summed E-state index contributed by atoms with van der Waals surface area (Å²) in [7, 11) is 0. The zero-order valence-electron chi connectivity index (χ0n) is 11.2. The van der Waals surface area contributed by atoms with Crippen LogP contribution in [-0.4, -0.2) is 21.4 Å². The van der Waals surface area contributed by atoms with Crippen LogP contribution in [0.4, 0.5) is 13.2 Å². The van der Waals surface area contributed by atoms with Crippen LogP contribution in [0, 0.1) is 0 Å². The standard InChI is InChI=1S/C14H12F3N3O/c1-2-21-13-19-18-12-8-9-3-4-11(14(15,16)17)7-10(9)5-6-20(12)13/h3-7H,2,8H2,1H3. The van der Waals surface area contributed by atoms with Crippen molar-refractivity contribution in [3.8, 4) is 6.01 Å². The summed E-state index contributed by atoms with van der Waals surface area (Å²) in [6.07, 6.45) is -0.694. The fourth-order valence-corrected chi connectivity index (χ4v) is 2.22. The van der Waals surface area contributed by atoms with Crippen LogP contribution in [0.15, 0.2) is 18.2 Å². The van der Waals surface area contributed by atoms with Gasteiger partial charge < -0.3 is 4.74 Å². The summed E-state index contributed by atoms with van der Waals surface area (Å²) in [4.78, 5) is 0. The van der Waals surface area contributed by atoms with Gasteiger partial charge in [-0.15, -0.1) is 5.10 Å². The highest BCUT2D eigenvalue weighted by atomic mass is 19.4. The minimum absolute atomic E-state index is 0.340. The Morgan fingerprint density at radius 1 is 1.29 bits per heavy atom. The van der Waals surface area contributed by atoms with Crippen LogP contribution >= 0.6 is 0 Å². The molecule has 0 bridgehead atoms. The summed E-state index contributed by atoms with van der Waals surface area (Å²) in [5, 5.41) is 7.94. The summed E-state index contributed by atoms with van der Waals surface area (Å²) < 4.78 is 45.3. The van der Waals surface area contributed by atoms with Crippen LogP contribution in [0.3, 0.4) is 0 Å². The lowest BCUT2D eigenvalue weighted by Gasteiger charge is -2.09. The average Bonchev–Trinajstić information content (AvgIpc) is 2.69. The molecular formula is C14H12F3N3O. The zero-order valence-corrected chi connectivity index (χ0v) is 11.2. The van der Waals surface area contributed by atoms with E-state index in [9.17, 15) is 13.2 Å². The van der Waals surface area contributed by atoms with E-state index in [0.29, 0.717) is 30.4 Å². The Morgan fingerprint density at radius 2 is 2.10 bits per heavy atom. The predicted octanol–water partition coefficient (Wildman–Crippen LogP) is 3.23. The highest BCUT2D eigenvalue weighted by Crippen LogP contribution is 2.32. The molecule has 3 rings (SSSR count). The van der Waals surface area contributed by atoms with Gasteiger partial charge in [-0.2, -0.15) is 13.2 Å². The van der Waals surface area contributed by atoms with E-state index >= 15 is 0 Å². The van der Waals surface area contributed by atoms with Gasteiger partial charge in [-0.1, -0.05) is 11.2 Å². The van der Waals surface area contributed by atoms with Crippen molar-refractivity contribution < 1.29 is 17.9 Å². The Labute approximate surface area is 118 Å². The third kappa shape index (κ3) is 2.51. The number of alkyl halides is 3. The normalized spacial score (nSPS) is 13.5. The van der Waals surface area contributed by atoms with Crippen molar-refractivity contribution in [1.82, 2.24) is 14.8 Å². The predicted molar refractivity (Wildman–Crippen MR) is 70.7 cm³/mol. The van der Waals surface area contributed by atoms with Gasteiger partial charge in [0.1, 0.15) is 5.82 Å². The molecule has 1 aliphatic heterocycles. The van der Waals surface area contributed by atoms with Crippen molar-refractivity contribution in [2.75, 3.05) is 6.61 Å². The first kappa shape index (κ1) is 13.7. The molecular weight excluding hydrogens is 283 g/mol. The largest absolute Gasteiger partial charge is 0.464 e. The van der Waals surface area contributed by atoms with E-state index in [4.69, 9.17) is 4.74 Å². The minimum atomic E-state index is -4.35. The van der Waals surface area contributed by atoms with Crippen molar-refractivity contribution in [2.24, 2.45) is 0 Å². The molecule has 110 valence electrons. The lowest BCUT2D eigenvalue weighted by molar-refractivity contribution is -0.137. The number of halogens is 3. The second-order valence-electron chi connectivity index (χ2n) is 4.61. The topological polar surface area (TPSA) is 39.9 Å². The monoisotopic (exact) mass is 295 g/mol. The van der Waals surface area contributed by atoms with E-state index < -0.39 is 11.7 Å². The molecule has 0 amide bonds. The zero-order chi connectivity index (χ0) is 15.0. The maximum Gasteiger partial charge on any atom is 0.416 e. The second kappa shape index (κ2) is 4.91. The molecule has 1 aromatic heterocycles. The Balaban J connectivity index is 2.02. The van der Waals surface area contributed by atoms with Crippen LogP contribution in [0.2, 0.25) is 0 Å². The summed E-state index contributed by atoms with van der Waals surface area (Å²) >= 11 is 0. The van der Waals surface area contributed by atoms with Crippen molar-refractivity contribution in [3.05, 3.63) is 40.7 Å². The third-order valence-corrected chi connectivity index (χ3v) is 3.23. The number of hydrogen-bond donors (Lipinski definition) is 0. The van der Waals surface area contributed by atoms with Gasteiger partial charge in [0.25, 0.3) is 0 Å². The van der Waals surface area contributed by atoms with E-state index in [0.717, 1.165) is 17.7 Å². The molecule has 0 saturated heterocycles. The molecule has 0 fully saturated rings. The first-order valence-corrected chi connectivity index (χ1v) is 6.44. The van der Waals surface area contributed by atoms with Crippen LogP contribution in [0.5, 0.6) is 6.01 Å². The van der Waals surface area contributed by atoms with Gasteiger partial charge >= 0.3 is 12.2 Å². The van der Waals surface area contributed by atoms with Gasteiger partial charge in [-0.3, -0.25) is 4.57 Å². The quantitative estimate of drug-likeness (QED) is 0.728. The lowest BCUT2D eigenvalue weighted by atomic mass is 10.0. The smallest absolute Gasteiger partial charge is 0.416 e. The summed E-state index contributed by atoms with van der Waals surface area (Å²) in [6, 6.07) is 4.05. The summed E-state index contributed by atoms with van der Waals surface area (Å²) in [5.41, 5.74) is 0.639. The molecule has 0 spiro atoms. The highest BCUT2D eigenvalue weighted by molar-refractivity contribution is 5.66. The summed E-state index contributed by atoms with van der Waals surface area (Å²) in [5.74, 6) is 0.633. The van der Waals surface area contributed by atoms with Crippen molar-refractivity contribution in [2.45, 2.75) is 19.5 Å². The number of benzene rings is 1. The molecule has 1 aromatic carbocycles. The number of fused-ring (bicyclic) bond motifs is 2. The molecule has 2 heterocycles. The maximum atomic E-state index is 12.8. The van der Waals surface area contributed by atoms with Gasteiger partial charge in [-0.25, -0.2) is 0 Å². The second-order valence-corrected chi connectivity index (χ2v) is 4.61. The van der Waals surface area contributed by atoms with Crippen LogP contribution in [-0.2, 0) is 12.6 Å². The number of aromatic nitrogens is 3. The van der Waals surface area contributed by atoms with Gasteiger partial charge in [-0.05, 0) is 36.3 Å². The molecule has 0 atom stereocenters. The van der Waals surface area contributed by atoms with Gasteiger partial charge in [0.15, 0.2) is 0 Å². The fraction of sp³-hybridized carbons (Fsp3) is 0.286. The fourth-order valence-electron chi connectivity index (χ4n) is 2.22. The molecule has 0 unspecified atom stereocenters. The SMILES string of the molecule is CCOc1nnc2n1C=Cc1cc(C(F)(F)F)ccc1C2. The van der Waals surface area contributed by atoms with Crippen molar-refractivity contribution in [1.29, 1.82) is 0 Å². The van der Waals surface area contributed by atoms with E-state index in [-0.39, 0.29) is 0 Å². The number of hydrogen-bond acceptors (Lipinski definition) is 3. The highest BCUT2D eigenvalue weighted by Gasteiger charge is 2.31. The van der Waals surface area contributed by atoms with Gasteiger partial charge in [0, 0.05) is 12.6 Å². The van der Waals surface area contributed by atoms with E-state index in [1.54, 1.807) is 16.8 Å². The minimum Gasteiger partial charge on any atom is -0.464 e. The van der Waals surface area contributed by atoms with Crippen molar-refractivity contribution >= 4 is 12.3 Å². The molecule has 0 saturated carbocycles. The Hall–Kier alpha value is -2.31. The average molecular weight is 295 g/mol. The van der Waals surface area contributed by atoms with Crippen molar-refractivity contribution in [3.63, 3.8) is 0 Å². The molecule has 4 nitrogen and oxygen atoms in total.